The first-order valence-corrected chi connectivity index (χ1v) is 6.70. The molecule has 0 radical (unpaired) electrons. The van der Waals surface area contributed by atoms with E-state index in [1.54, 1.807) is 6.07 Å². The summed E-state index contributed by atoms with van der Waals surface area (Å²) in [5, 5.41) is 3.13. The van der Waals surface area contributed by atoms with E-state index in [1.807, 2.05) is 0 Å². The van der Waals surface area contributed by atoms with Gasteiger partial charge in [-0.2, -0.15) is 31.4 Å². The summed E-state index contributed by atoms with van der Waals surface area (Å²) >= 11 is 5.85. The highest BCUT2D eigenvalue weighted by Crippen LogP contribution is 2.36. The molecule has 3 nitrogen and oxygen atoms in total. The normalized spacial score (nSPS) is 14.1. The molecule has 0 N–H and O–H groups in total. The zero-order chi connectivity index (χ0) is 17.4. The van der Waals surface area contributed by atoms with Gasteiger partial charge in [0.1, 0.15) is 10.8 Å². The molecule has 0 amide bonds. The van der Waals surface area contributed by atoms with Crippen molar-refractivity contribution in [2.45, 2.75) is 31.7 Å². The van der Waals surface area contributed by atoms with Gasteiger partial charge in [0.2, 0.25) is 0 Å². The third-order valence-electron chi connectivity index (χ3n) is 3.13. The molecule has 10 heteroatoms. The van der Waals surface area contributed by atoms with Gasteiger partial charge in [0.05, 0.1) is 0 Å². The van der Waals surface area contributed by atoms with E-state index in [9.17, 15) is 26.3 Å². The van der Waals surface area contributed by atoms with E-state index < -0.39 is 36.2 Å². The van der Waals surface area contributed by atoms with Crippen molar-refractivity contribution in [1.29, 1.82) is 0 Å². The van der Waals surface area contributed by atoms with Crippen LogP contribution in [0.5, 0.6) is 0 Å². The van der Waals surface area contributed by atoms with Crippen LogP contribution >= 0.6 is 11.6 Å². The van der Waals surface area contributed by atoms with Crippen molar-refractivity contribution in [3.8, 4) is 0 Å². The number of rotatable bonds is 3. The Labute approximate surface area is 131 Å². The van der Waals surface area contributed by atoms with Gasteiger partial charge in [-0.15, -0.1) is 0 Å². The van der Waals surface area contributed by atoms with Crippen LogP contribution in [0.25, 0.3) is 0 Å². The van der Waals surface area contributed by atoms with Crippen molar-refractivity contribution >= 4 is 11.6 Å². The molecular weight excluding hydrogens is 348 g/mol. The molecule has 0 aliphatic carbocycles. The summed E-state index contributed by atoms with van der Waals surface area (Å²) in [5.41, 5.74) is -2.63. The second-order valence-electron chi connectivity index (χ2n) is 4.88. The van der Waals surface area contributed by atoms with Crippen molar-refractivity contribution in [2.24, 2.45) is 0 Å². The van der Waals surface area contributed by atoms with Crippen LogP contribution < -0.4 is 0 Å². The Morgan fingerprint density at radius 2 is 1.83 bits per heavy atom. The highest BCUT2D eigenvalue weighted by molar-refractivity contribution is 6.30. The molecule has 0 aliphatic rings. The largest absolute Gasteiger partial charge is 0.435 e. The summed E-state index contributed by atoms with van der Waals surface area (Å²) in [4.78, 5) is 3.79. The van der Waals surface area contributed by atoms with E-state index in [1.165, 1.54) is 19.2 Å². The molecule has 2 aromatic heterocycles. The Hall–Kier alpha value is -1.77. The van der Waals surface area contributed by atoms with Crippen LogP contribution in [-0.2, 0) is 18.9 Å². The fourth-order valence-electron chi connectivity index (χ4n) is 2.05. The van der Waals surface area contributed by atoms with Gasteiger partial charge < -0.3 is 0 Å². The second kappa shape index (κ2) is 6.03. The first kappa shape index (κ1) is 17.6. The second-order valence-corrected chi connectivity index (χ2v) is 5.23. The highest BCUT2D eigenvalue weighted by Gasteiger charge is 2.42. The number of halogens is 7. The molecule has 0 spiro atoms. The number of hydrogen-bond donors (Lipinski definition) is 0. The lowest BCUT2D eigenvalue weighted by Gasteiger charge is -2.16. The smallest absolute Gasteiger partial charge is 0.259 e. The molecule has 0 aromatic carbocycles. The predicted molar refractivity (Wildman–Crippen MR) is 69.9 cm³/mol. The minimum atomic E-state index is -4.96. The summed E-state index contributed by atoms with van der Waals surface area (Å²) in [6, 6.07) is 3.08. The minimum absolute atomic E-state index is 0.00241. The number of nitrogens with zero attached hydrogens (tertiary/aromatic N) is 3. The van der Waals surface area contributed by atoms with Gasteiger partial charge in [0.25, 0.3) is 0 Å². The molecule has 1 atom stereocenters. The van der Waals surface area contributed by atoms with Gasteiger partial charge in [0, 0.05) is 24.7 Å². The van der Waals surface area contributed by atoms with Crippen LogP contribution in [0.4, 0.5) is 26.3 Å². The zero-order valence-electron chi connectivity index (χ0n) is 11.6. The Kier molecular flexibility index (Phi) is 4.61. The SMILES string of the molecule is CC(Cn1nc(C(F)(F)F)cc1C(F)(F)F)c1cccnc1Cl. The fraction of sp³-hybridized carbons (Fsp3) is 0.385. The van der Waals surface area contributed by atoms with Gasteiger partial charge >= 0.3 is 12.4 Å². The van der Waals surface area contributed by atoms with Gasteiger partial charge in [-0.05, 0) is 11.6 Å². The molecule has 0 fully saturated rings. The summed E-state index contributed by atoms with van der Waals surface area (Å²) in [5.74, 6) is -0.613. The molecule has 0 saturated carbocycles. The first-order valence-electron chi connectivity index (χ1n) is 6.33. The summed E-state index contributed by atoms with van der Waals surface area (Å²) < 4.78 is 76.9. The standard InChI is InChI=1S/C13H10ClF6N3/c1-7(8-3-2-4-21-11(8)14)6-23-10(13(18,19)20)5-9(22-23)12(15,16)17/h2-5,7H,6H2,1H3. The number of aromatic nitrogens is 3. The minimum Gasteiger partial charge on any atom is -0.259 e. The Balaban J connectivity index is 2.39. The van der Waals surface area contributed by atoms with Crippen LogP contribution in [0.1, 0.15) is 29.8 Å². The Morgan fingerprint density at radius 3 is 2.35 bits per heavy atom. The van der Waals surface area contributed by atoms with Crippen LogP contribution in [0.3, 0.4) is 0 Å². The molecule has 126 valence electrons. The van der Waals surface area contributed by atoms with E-state index in [0.29, 0.717) is 10.2 Å². The topological polar surface area (TPSA) is 30.7 Å². The molecule has 0 bridgehead atoms. The monoisotopic (exact) mass is 357 g/mol. The van der Waals surface area contributed by atoms with Crippen molar-refractivity contribution in [3.05, 3.63) is 46.5 Å². The maximum absolute atomic E-state index is 12.9. The van der Waals surface area contributed by atoms with E-state index in [2.05, 4.69) is 10.1 Å². The molecule has 23 heavy (non-hydrogen) atoms. The summed E-state index contributed by atoms with van der Waals surface area (Å²) in [6.07, 6.45) is -8.51. The molecule has 1 unspecified atom stereocenters. The Bertz CT molecular complexity index is 692. The fourth-order valence-corrected chi connectivity index (χ4v) is 2.35. The van der Waals surface area contributed by atoms with E-state index in [4.69, 9.17) is 11.6 Å². The lowest BCUT2D eigenvalue weighted by atomic mass is 10.0. The molecule has 2 rings (SSSR count). The first-order chi connectivity index (χ1) is 10.5. The lowest BCUT2D eigenvalue weighted by molar-refractivity contribution is -0.144. The molecule has 0 saturated heterocycles. The molecule has 2 aromatic rings. The third-order valence-corrected chi connectivity index (χ3v) is 3.44. The van der Waals surface area contributed by atoms with Gasteiger partial charge in [-0.25, -0.2) is 4.98 Å². The number of hydrogen-bond acceptors (Lipinski definition) is 2. The molecule has 2 heterocycles. The summed E-state index contributed by atoms with van der Waals surface area (Å²) in [6.45, 7) is 1.11. The van der Waals surface area contributed by atoms with Crippen LogP contribution in [0, 0.1) is 0 Å². The van der Waals surface area contributed by atoms with Crippen molar-refractivity contribution < 1.29 is 26.3 Å². The quantitative estimate of drug-likeness (QED) is 0.585. The van der Waals surface area contributed by atoms with Gasteiger partial charge in [-0.3, -0.25) is 4.68 Å². The van der Waals surface area contributed by atoms with Gasteiger partial charge in [0.15, 0.2) is 5.69 Å². The van der Waals surface area contributed by atoms with Crippen molar-refractivity contribution in [1.82, 2.24) is 14.8 Å². The van der Waals surface area contributed by atoms with Crippen LogP contribution in [0.15, 0.2) is 24.4 Å². The average Bonchev–Trinajstić information content (AvgIpc) is 2.83. The van der Waals surface area contributed by atoms with Crippen molar-refractivity contribution in [2.75, 3.05) is 0 Å². The average molecular weight is 358 g/mol. The third kappa shape index (κ3) is 3.95. The number of pyridine rings is 1. The predicted octanol–water partition coefficient (Wildman–Crippen LogP) is 4.77. The Morgan fingerprint density at radius 1 is 1.17 bits per heavy atom. The zero-order valence-corrected chi connectivity index (χ0v) is 12.3. The van der Waals surface area contributed by atoms with Gasteiger partial charge in [-0.1, -0.05) is 24.6 Å². The maximum atomic E-state index is 12.9. The molecule has 0 aliphatic heterocycles. The highest BCUT2D eigenvalue weighted by atomic mass is 35.5. The maximum Gasteiger partial charge on any atom is 0.435 e. The molecular formula is C13H10ClF6N3. The van der Waals surface area contributed by atoms with E-state index in [-0.39, 0.29) is 11.2 Å². The lowest BCUT2D eigenvalue weighted by Crippen LogP contribution is -2.18. The van der Waals surface area contributed by atoms with Crippen LogP contribution in [0.2, 0.25) is 5.15 Å². The van der Waals surface area contributed by atoms with Crippen molar-refractivity contribution in [3.63, 3.8) is 0 Å². The van der Waals surface area contributed by atoms with E-state index >= 15 is 0 Å². The van der Waals surface area contributed by atoms with E-state index in [0.717, 1.165) is 0 Å². The number of alkyl halides is 6. The van der Waals surface area contributed by atoms with Crippen LogP contribution in [-0.4, -0.2) is 14.8 Å². The summed E-state index contributed by atoms with van der Waals surface area (Å²) in [7, 11) is 0.